The molecule has 0 heterocycles. The lowest BCUT2D eigenvalue weighted by atomic mass is 10.0. The van der Waals surface area contributed by atoms with Gasteiger partial charge in [0.05, 0.1) is 0 Å². The van der Waals surface area contributed by atoms with Crippen molar-refractivity contribution in [2.24, 2.45) is 0 Å². The van der Waals surface area contributed by atoms with Gasteiger partial charge in [-0.15, -0.1) is 0 Å². The Labute approximate surface area is 171 Å². The number of hydrogen-bond donors (Lipinski definition) is 1. The van der Waals surface area contributed by atoms with Gasteiger partial charge >= 0.3 is 0 Å². The molecule has 3 nitrogen and oxygen atoms in total. The molecule has 0 aliphatic carbocycles. The summed E-state index contributed by atoms with van der Waals surface area (Å²) in [6.07, 6.45) is 1.16. The molecule has 1 N–H and O–H groups in total. The van der Waals surface area contributed by atoms with Crippen LogP contribution in [0.15, 0.2) is 97.1 Å². The van der Waals surface area contributed by atoms with Gasteiger partial charge in [-0.2, -0.15) is 0 Å². The van der Waals surface area contributed by atoms with Crippen molar-refractivity contribution in [2.45, 2.75) is 19.4 Å². The summed E-state index contributed by atoms with van der Waals surface area (Å²) in [5.41, 5.74) is 3.10. The average molecular weight is 381 g/mol. The summed E-state index contributed by atoms with van der Waals surface area (Å²) < 4.78 is 5.79. The molecule has 29 heavy (non-hydrogen) atoms. The smallest absolute Gasteiger partial charge is 0.224 e. The molecule has 4 aromatic carbocycles. The molecule has 4 rings (SSSR count). The van der Waals surface area contributed by atoms with Crippen LogP contribution < -0.4 is 10.1 Å². The summed E-state index contributed by atoms with van der Waals surface area (Å²) >= 11 is 0. The van der Waals surface area contributed by atoms with Gasteiger partial charge in [0.2, 0.25) is 5.91 Å². The monoisotopic (exact) mass is 381 g/mol. The summed E-state index contributed by atoms with van der Waals surface area (Å²) in [6, 6.07) is 32.1. The first kappa shape index (κ1) is 18.8. The van der Waals surface area contributed by atoms with E-state index in [-0.39, 0.29) is 5.91 Å². The van der Waals surface area contributed by atoms with Crippen molar-refractivity contribution < 1.29 is 9.53 Å². The van der Waals surface area contributed by atoms with Crippen LogP contribution in [-0.2, 0) is 17.8 Å². The van der Waals surface area contributed by atoms with Crippen molar-refractivity contribution in [3.63, 3.8) is 0 Å². The van der Waals surface area contributed by atoms with E-state index in [1.165, 1.54) is 16.3 Å². The van der Waals surface area contributed by atoms with E-state index in [1.54, 1.807) is 0 Å². The fourth-order valence-electron chi connectivity index (χ4n) is 3.36. The number of benzene rings is 4. The average Bonchev–Trinajstić information content (AvgIpc) is 2.78. The van der Waals surface area contributed by atoms with Crippen molar-refractivity contribution in [2.75, 3.05) is 5.32 Å². The van der Waals surface area contributed by atoms with Crippen molar-refractivity contribution in [1.29, 1.82) is 0 Å². The lowest BCUT2D eigenvalue weighted by Gasteiger charge is -2.09. The highest BCUT2D eigenvalue weighted by Gasteiger charge is 2.06. The van der Waals surface area contributed by atoms with Gasteiger partial charge in [-0.1, -0.05) is 72.8 Å². The highest BCUT2D eigenvalue weighted by Crippen LogP contribution is 2.21. The molecule has 1 amide bonds. The Hall–Kier alpha value is -3.59. The largest absolute Gasteiger partial charge is 0.489 e. The maximum atomic E-state index is 12.4. The highest BCUT2D eigenvalue weighted by atomic mass is 16.5. The molecule has 0 radical (unpaired) electrons. The van der Waals surface area contributed by atoms with Crippen LogP contribution in [0.2, 0.25) is 0 Å². The molecule has 0 aliphatic rings. The molecular formula is C26H23NO2. The van der Waals surface area contributed by atoms with Gasteiger partial charge in [0.25, 0.3) is 0 Å². The van der Waals surface area contributed by atoms with Crippen molar-refractivity contribution in [1.82, 2.24) is 0 Å². The van der Waals surface area contributed by atoms with Gasteiger partial charge in [-0.25, -0.2) is 0 Å². The van der Waals surface area contributed by atoms with Crippen LogP contribution in [0.1, 0.15) is 17.5 Å². The highest BCUT2D eigenvalue weighted by molar-refractivity contribution is 5.91. The first-order chi connectivity index (χ1) is 14.3. The number of hydrogen-bond acceptors (Lipinski definition) is 2. The van der Waals surface area contributed by atoms with Gasteiger partial charge < -0.3 is 10.1 Å². The van der Waals surface area contributed by atoms with Crippen LogP contribution in [0, 0.1) is 0 Å². The minimum atomic E-state index is 0.0101. The van der Waals surface area contributed by atoms with Crippen LogP contribution >= 0.6 is 0 Å². The number of nitrogens with one attached hydrogen (secondary N) is 1. The van der Waals surface area contributed by atoms with Gasteiger partial charge in [0.1, 0.15) is 12.4 Å². The topological polar surface area (TPSA) is 38.3 Å². The number of amides is 1. The summed E-state index contributed by atoms with van der Waals surface area (Å²) in [4.78, 5) is 12.4. The van der Waals surface area contributed by atoms with E-state index in [1.807, 2.05) is 72.8 Å². The predicted molar refractivity (Wildman–Crippen MR) is 118 cm³/mol. The molecule has 0 unspecified atom stereocenters. The van der Waals surface area contributed by atoms with Gasteiger partial charge in [0, 0.05) is 12.1 Å². The molecule has 0 atom stereocenters. The summed E-state index contributed by atoms with van der Waals surface area (Å²) in [5, 5.41) is 5.38. The molecule has 144 valence electrons. The van der Waals surface area contributed by atoms with E-state index < -0.39 is 0 Å². The van der Waals surface area contributed by atoms with E-state index in [4.69, 9.17) is 4.74 Å². The Morgan fingerprint density at radius 2 is 1.48 bits per heavy atom. The quantitative estimate of drug-likeness (QED) is 0.427. The fourth-order valence-corrected chi connectivity index (χ4v) is 3.36. The van der Waals surface area contributed by atoms with Crippen LogP contribution in [0.3, 0.4) is 0 Å². The third-order valence-electron chi connectivity index (χ3n) is 4.89. The van der Waals surface area contributed by atoms with Crippen LogP contribution in [0.4, 0.5) is 5.69 Å². The normalized spacial score (nSPS) is 10.6. The van der Waals surface area contributed by atoms with E-state index in [9.17, 15) is 4.79 Å². The Morgan fingerprint density at radius 3 is 2.31 bits per heavy atom. The first-order valence-electron chi connectivity index (χ1n) is 9.81. The molecule has 0 fully saturated rings. The standard InChI is InChI=1S/C26H23NO2/c28-26(18-13-22-11-6-10-21-9-4-5-12-25(21)22)27-23-14-16-24(17-15-23)29-19-20-7-2-1-3-8-20/h1-12,14-17H,13,18-19H2,(H,27,28). The number of anilines is 1. The molecule has 0 saturated carbocycles. The van der Waals surface area contributed by atoms with Gasteiger partial charge in [0.15, 0.2) is 0 Å². The maximum absolute atomic E-state index is 12.4. The Morgan fingerprint density at radius 1 is 0.759 bits per heavy atom. The molecule has 0 spiro atoms. The number of ether oxygens (including phenoxy) is 1. The molecule has 4 aromatic rings. The van der Waals surface area contributed by atoms with Crippen molar-refractivity contribution in [3.05, 3.63) is 108 Å². The summed E-state index contributed by atoms with van der Waals surface area (Å²) in [6.45, 7) is 0.525. The summed E-state index contributed by atoms with van der Waals surface area (Å²) in [7, 11) is 0. The zero-order chi connectivity index (χ0) is 19.9. The third-order valence-corrected chi connectivity index (χ3v) is 4.89. The Balaban J connectivity index is 1.30. The first-order valence-corrected chi connectivity index (χ1v) is 9.81. The third kappa shape index (κ3) is 5.02. The maximum Gasteiger partial charge on any atom is 0.224 e. The predicted octanol–water partition coefficient (Wildman–Crippen LogP) is 5.99. The number of aryl methyl sites for hydroxylation is 1. The minimum Gasteiger partial charge on any atom is -0.489 e. The van der Waals surface area contributed by atoms with E-state index in [0.29, 0.717) is 19.4 Å². The van der Waals surface area contributed by atoms with E-state index in [0.717, 1.165) is 17.0 Å². The fraction of sp³-hybridized carbons (Fsp3) is 0.115. The molecule has 0 aliphatic heterocycles. The zero-order valence-electron chi connectivity index (χ0n) is 16.2. The molecule has 0 aromatic heterocycles. The number of rotatable bonds is 7. The lowest BCUT2D eigenvalue weighted by molar-refractivity contribution is -0.116. The van der Waals surface area contributed by atoms with Crippen molar-refractivity contribution in [3.8, 4) is 5.75 Å². The summed E-state index contributed by atoms with van der Waals surface area (Å²) in [5.74, 6) is 0.790. The SMILES string of the molecule is O=C(CCc1cccc2ccccc12)Nc1ccc(OCc2ccccc2)cc1. The van der Waals surface area contributed by atoms with Crippen LogP contribution in [0.5, 0.6) is 5.75 Å². The number of carbonyl (C=O) groups is 1. The number of carbonyl (C=O) groups excluding carboxylic acids is 1. The Bertz CT molecular complexity index is 1080. The number of fused-ring (bicyclic) bond motifs is 1. The van der Waals surface area contributed by atoms with Crippen LogP contribution in [0.25, 0.3) is 10.8 Å². The minimum absolute atomic E-state index is 0.0101. The van der Waals surface area contributed by atoms with Crippen molar-refractivity contribution >= 4 is 22.4 Å². The molecular weight excluding hydrogens is 358 g/mol. The second-order valence-electron chi connectivity index (χ2n) is 6.99. The van der Waals surface area contributed by atoms with E-state index >= 15 is 0 Å². The molecule has 0 bridgehead atoms. The van der Waals surface area contributed by atoms with Gasteiger partial charge in [-0.3, -0.25) is 4.79 Å². The second-order valence-corrected chi connectivity index (χ2v) is 6.99. The van der Waals surface area contributed by atoms with Crippen LogP contribution in [-0.4, -0.2) is 5.91 Å². The molecule has 0 saturated heterocycles. The Kier molecular flexibility index (Phi) is 5.87. The lowest BCUT2D eigenvalue weighted by Crippen LogP contribution is -2.12. The van der Waals surface area contributed by atoms with Gasteiger partial charge in [-0.05, 0) is 52.6 Å². The zero-order valence-corrected chi connectivity index (χ0v) is 16.2. The molecule has 3 heteroatoms. The van der Waals surface area contributed by atoms with E-state index in [2.05, 4.69) is 29.6 Å². The second kappa shape index (κ2) is 9.07.